The minimum absolute atomic E-state index is 0. The first kappa shape index (κ1) is 24.7. The van der Waals surface area contributed by atoms with Crippen molar-refractivity contribution in [2.45, 2.75) is 47.5 Å². The van der Waals surface area contributed by atoms with E-state index in [4.69, 9.17) is 0 Å². The summed E-state index contributed by atoms with van der Waals surface area (Å²) >= 11 is 0. The van der Waals surface area contributed by atoms with Crippen LogP contribution in [-0.2, 0) is 21.7 Å². The van der Waals surface area contributed by atoms with Crippen LogP contribution in [-0.4, -0.2) is 18.0 Å². The molecule has 0 aromatic rings. The third kappa shape index (κ3) is 7.92. The Kier molecular flexibility index (Phi) is 16.2. The van der Waals surface area contributed by atoms with Crippen molar-refractivity contribution in [1.29, 1.82) is 0 Å². The molecule has 1 unspecified atom stereocenters. The van der Waals surface area contributed by atoms with Gasteiger partial charge in [-0.05, 0) is 25.9 Å². The minimum atomic E-state index is 0. The summed E-state index contributed by atoms with van der Waals surface area (Å²) in [5.41, 5.74) is 4.25. The van der Waals surface area contributed by atoms with E-state index in [1.165, 1.54) is 42.7 Å². The van der Waals surface area contributed by atoms with Crippen LogP contribution in [0.15, 0.2) is 16.7 Å². The van der Waals surface area contributed by atoms with Gasteiger partial charge in [0.05, 0.1) is 0 Å². The summed E-state index contributed by atoms with van der Waals surface area (Å²) in [6.07, 6.45) is 6.15. The zero-order valence-electron chi connectivity index (χ0n) is 12.7. The Morgan fingerprint density at radius 2 is 1.58 bits per heavy atom. The van der Waals surface area contributed by atoms with E-state index in [-0.39, 0.29) is 46.5 Å². The van der Waals surface area contributed by atoms with Crippen LogP contribution in [0.5, 0.6) is 0 Å². The molecule has 0 aromatic heterocycles. The van der Waals surface area contributed by atoms with Gasteiger partial charge in [-0.2, -0.15) is 18.1 Å². The molecule has 0 amide bonds. The molecule has 1 aliphatic carbocycles. The minimum Gasteiger partial charge on any atom is -0.457 e. The van der Waals surface area contributed by atoms with Gasteiger partial charge in [0.25, 0.3) is 0 Å². The fourth-order valence-corrected chi connectivity index (χ4v) is 2.16. The van der Waals surface area contributed by atoms with Crippen molar-refractivity contribution in [3.8, 4) is 0 Å². The summed E-state index contributed by atoms with van der Waals surface area (Å²) in [4.78, 5) is 2.36. The van der Waals surface area contributed by atoms with Crippen LogP contribution in [0.4, 0.5) is 0 Å². The van der Waals surface area contributed by atoms with Gasteiger partial charge in [0, 0.05) is 0 Å². The van der Waals surface area contributed by atoms with Crippen LogP contribution < -0.4 is 0 Å². The molecule has 0 N–H and O–H groups in total. The fraction of sp³-hybridized carbons (Fsp3) is 0.667. The van der Waals surface area contributed by atoms with Gasteiger partial charge in [0.1, 0.15) is 0 Å². The van der Waals surface area contributed by atoms with Gasteiger partial charge in [-0.15, -0.1) is 31.7 Å². The van der Waals surface area contributed by atoms with E-state index < -0.39 is 0 Å². The van der Waals surface area contributed by atoms with Crippen LogP contribution in [0.1, 0.15) is 47.5 Å². The van der Waals surface area contributed by atoms with Crippen LogP contribution >= 0.6 is 24.8 Å². The molecule has 0 spiro atoms. The summed E-state index contributed by atoms with van der Waals surface area (Å²) in [7, 11) is 0. The number of halogens is 2. The second-order valence-corrected chi connectivity index (χ2v) is 4.80. The molecule has 1 saturated heterocycles. The van der Waals surface area contributed by atoms with Gasteiger partial charge in [-0.25, -0.2) is 5.57 Å². The van der Waals surface area contributed by atoms with Gasteiger partial charge < -0.3 is 4.90 Å². The van der Waals surface area contributed by atoms with Gasteiger partial charge in [-0.3, -0.25) is 12.6 Å². The maximum Gasteiger partial charge on any atom is 2.00 e. The third-order valence-electron chi connectivity index (χ3n) is 3.74. The first-order valence-corrected chi connectivity index (χ1v) is 6.37. The van der Waals surface area contributed by atoms with E-state index in [0.717, 1.165) is 0 Å². The number of hydrogen-bond donors (Lipinski definition) is 0. The summed E-state index contributed by atoms with van der Waals surface area (Å²) < 4.78 is 0. The Bertz CT molecular complexity index is 295. The molecule has 1 heterocycles. The Balaban J connectivity index is -0.000000237. The van der Waals surface area contributed by atoms with E-state index in [9.17, 15) is 0 Å². The molecule has 1 nitrogen and oxygen atoms in total. The maximum atomic E-state index is 3.36. The number of allylic oxidation sites excluding steroid dienone is 4. The molecule has 0 bridgehead atoms. The monoisotopic (exact) mass is 339 g/mol. The first-order valence-electron chi connectivity index (χ1n) is 6.37. The molecule has 1 atom stereocenters. The SMILES string of the molecule is CC1=[C-]C(C)C(C)=C1C.C[CH-]N1CCCC1.Cl.Cl.[Ti+2]. The molecular formula is C15H27Cl2NTi. The third-order valence-corrected chi connectivity index (χ3v) is 3.74. The first-order chi connectivity index (χ1) is 7.56. The van der Waals surface area contributed by atoms with E-state index in [1.807, 2.05) is 0 Å². The Morgan fingerprint density at radius 3 is 1.74 bits per heavy atom. The zero-order valence-corrected chi connectivity index (χ0v) is 15.9. The molecule has 19 heavy (non-hydrogen) atoms. The molecule has 2 aliphatic rings. The molecule has 1 aliphatic heterocycles. The number of hydrogen-bond acceptors (Lipinski definition) is 1. The van der Waals surface area contributed by atoms with Crippen molar-refractivity contribution in [3.05, 3.63) is 29.3 Å². The maximum absolute atomic E-state index is 3.36. The Morgan fingerprint density at radius 1 is 1.11 bits per heavy atom. The largest absolute Gasteiger partial charge is 2.00 e. The van der Waals surface area contributed by atoms with Crippen LogP contribution in [0.25, 0.3) is 0 Å². The van der Waals surface area contributed by atoms with Crippen molar-refractivity contribution in [2.24, 2.45) is 5.92 Å². The molecule has 0 radical (unpaired) electrons. The van der Waals surface area contributed by atoms with Crippen molar-refractivity contribution >= 4 is 24.8 Å². The molecule has 4 heteroatoms. The van der Waals surface area contributed by atoms with Gasteiger partial charge in [0.2, 0.25) is 0 Å². The molecular weight excluding hydrogens is 313 g/mol. The van der Waals surface area contributed by atoms with Crippen LogP contribution in [0, 0.1) is 18.5 Å². The average Bonchev–Trinajstić information content (AvgIpc) is 2.86. The zero-order chi connectivity index (χ0) is 12.1. The summed E-state index contributed by atoms with van der Waals surface area (Å²) in [5.74, 6) is 0.560. The molecule has 1 fully saturated rings. The Hall–Kier alpha value is 0.734. The van der Waals surface area contributed by atoms with Crippen LogP contribution in [0.2, 0.25) is 0 Å². The van der Waals surface area contributed by atoms with Crippen molar-refractivity contribution in [1.82, 2.24) is 4.90 Å². The van der Waals surface area contributed by atoms with Gasteiger partial charge >= 0.3 is 21.7 Å². The second kappa shape index (κ2) is 12.5. The van der Waals surface area contributed by atoms with E-state index in [0.29, 0.717) is 5.92 Å². The van der Waals surface area contributed by atoms with E-state index in [2.05, 4.69) is 52.1 Å². The standard InChI is InChI=1S/C9H13.C6H12N.2ClH.Ti/c1-6-5-7(2)9(4)8(6)3;1-2-7-5-3-4-6-7;;;/h6H,1-4H3;2H,3-6H2,1H3;2*1H;/q2*-1;;;+2. The number of rotatable bonds is 1. The van der Waals surface area contributed by atoms with Gasteiger partial charge in [-0.1, -0.05) is 26.7 Å². The van der Waals surface area contributed by atoms with Crippen molar-refractivity contribution < 1.29 is 21.7 Å². The van der Waals surface area contributed by atoms with E-state index in [1.54, 1.807) is 0 Å². The number of likely N-dealkylation sites (tertiary alicyclic amines) is 1. The molecule has 0 saturated carbocycles. The Labute approximate surface area is 147 Å². The number of nitrogens with zero attached hydrogens (tertiary/aromatic N) is 1. The fourth-order valence-electron chi connectivity index (χ4n) is 2.16. The summed E-state index contributed by atoms with van der Waals surface area (Å²) in [6, 6.07) is 0. The van der Waals surface area contributed by atoms with Crippen molar-refractivity contribution in [3.63, 3.8) is 0 Å². The van der Waals surface area contributed by atoms with Crippen molar-refractivity contribution in [2.75, 3.05) is 13.1 Å². The quantitative estimate of drug-likeness (QED) is 0.488. The predicted octanol–water partition coefficient (Wildman–Crippen LogP) is 4.83. The van der Waals surface area contributed by atoms with Gasteiger partial charge in [0.15, 0.2) is 0 Å². The second-order valence-electron chi connectivity index (χ2n) is 4.80. The topological polar surface area (TPSA) is 3.24 Å². The average molecular weight is 340 g/mol. The smallest absolute Gasteiger partial charge is 0.457 e. The summed E-state index contributed by atoms with van der Waals surface area (Å²) in [5, 5.41) is 0. The summed E-state index contributed by atoms with van der Waals surface area (Å²) in [6.45, 7) is 15.5. The predicted molar refractivity (Wildman–Crippen MR) is 85.2 cm³/mol. The van der Waals surface area contributed by atoms with E-state index >= 15 is 0 Å². The molecule has 110 valence electrons. The molecule has 2 rings (SSSR count). The van der Waals surface area contributed by atoms with Crippen LogP contribution in [0.3, 0.4) is 0 Å². The molecule has 0 aromatic carbocycles. The normalized spacial score (nSPS) is 21.5.